The number of esters is 2. The maximum atomic E-state index is 13.6. The Kier molecular flexibility index (Phi) is 9.72. The summed E-state index contributed by atoms with van der Waals surface area (Å²) < 4.78 is 48.3. The lowest BCUT2D eigenvalue weighted by atomic mass is 9.97. The molecule has 0 saturated heterocycles. The first kappa shape index (κ1) is 28.5. The first-order valence-electron chi connectivity index (χ1n) is 12.0. The topological polar surface area (TPSA) is 131 Å². The van der Waals surface area contributed by atoms with Crippen molar-refractivity contribution in [3.63, 3.8) is 0 Å². The zero-order chi connectivity index (χ0) is 27.7. The molecule has 3 aromatic rings. The van der Waals surface area contributed by atoms with Crippen molar-refractivity contribution in [2.75, 3.05) is 33.2 Å². The van der Waals surface area contributed by atoms with Crippen LogP contribution in [0.15, 0.2) is 70.5 Å². The second-order valence-electron chi connectivity index (χ2n) is 8.23. The van der Waals surface area contributed by atoms with Crippen molar-refractivity contribution < 1.29 is 37.0 Å². The summed E-state index contributed by atoms with van der Waals surface area (Å²) in [6, 6.07) is 16.3. The molecule has 202 valence electrons. The van der Waals surface area contributed by atoms with Crippen LogP contribution in [0.25, 0.3) is 0 Å². The van der Waals surface area contributed by atoms with Crippen LogP contribution in [-0.2, 0) is 30.5 Å². The first-order valence-corrected chi connectivity index (χ1v) is 13.5. The van der Waals surface area contributed by atoms with Crippen molar-refractivity contribution >= 4 is 27.5 Å². The number of sulfone groups is 1. The zero-order valence-corrected chi connectivity index (χ0v) is 22.4. The van der Waals surface area contributed by atoms with Gasteiger partial charge in [0.25, 0.3) is 0 Å². The van der Waals surface area contributed by atoms with E-state index in [9.17, 15) is 18.0 Å². The maximum absolute atomic E-state index is 13.6. The van der Waals surface area contributed by atoms with Crippen LogP contribution in [0.3, 0.4) is 0 Å². The van der Waals surface area contributed by atoms with E-state index in [1.807, 2.05) is 30.3 Å². The van der Waals surface area contributed by atoms with Gasteiger partial charge in [0, 0.05) is 18.4 Å². The van der Waals surface area contributed by atoms with Crippen LogP contribution in [0.4, 0.5) is 5.69 Å². The molecule has 2 N–H and O–H groups in total. The molecule has 3 rings (SSSR count). The summed E-state index contributed by atoms with van der Waals surface area (Å²) in [6.07, 6.45) is 0.632. The van der Waals surface area contributed by atoms with E-state index < -0.39 is 15.8 Å². The molecule has 38 heavy (non-hydrogen) atoms. The molecule has 0 aliphatic rings. The third-order valence-corrected chi connectivity index (χ3v) is 7.56. The van der Waals surface area contributed by atoms with Crippen LogP contribution < -0.4 is 15.2 Å². The van der Waals surface area contributed by atoms with Crippen molar-refractivity contribution in [3.8, 4) is 11.5 Å². The summed E-state index contributed by atoms with van der Waals surface area (Å²) in [5.74, 6) is -0.582. The van der Waals surface area contributed by atoms with Gasteiger partial charge in [0.1, 0.15) is 11.5 Å². The van der Waals surface area contributed by atoms with E-state index in [1.54, 1.807) is 6.92 Å². The molecule has 0 atom stereocenters. The molecule has 0 radical (unpaired) electrons. The molecular weight excluding hydrogens is 510 g/mol. The highest BCUT2D eigenvalue weighted by molar-refractivity contribution is 7.91. The van der Waals surface area contributed by atoms with Crippen molar-refractivity contribution in [3.05, 3.63) is 77.4 Å². The summed E-state index contributed by atoms with van der Waals surface area (Å²) in [5, 5.41) is 0. The van der Waals surface area contributed by atoms with Gasteiger partial charge in [-0.25, -0.2) is 13.2 Å². The number of ether oxygens (including phenoxy) is 4. The Hall–Kier alpha value is -4.05. The fourth-order valence-corrected chi connectivity index (χ4v) is 5.26. The predicted octanol–water partition coefficient (Wildman–Crippen LogP) is 4.21. The lowest BCUT2D eigenvalue weighted by Crippen LogP contribution is -2.16. The normalized spacial score (nSPS) is 11.0. The molecule has 9 nitrogen and oxygen atoms in total. The minimum atomic E-state index is -4.16. The van der Waals surface area contributed by atoms with Crippen LogP contribution in [-0.4, -0.2) is 47.8 Å². The highest BCUT2D eigenvalue weighted by Crippen LogP contribution is 2.40. The van der Waals surface area contributed by atoms with Crippen LogP contribution in [0.2, 0.25) is 0 Å². The van der Waals surface area contributed by atoms with Crippen molar-refractivity contribution in [1.82, 2.24) is 0 Å². The van der Waals surface area contributed by atoms with Crippen molar-refractivity contribution in [2.45, 2.75) is 36.0 Å². The molecule has 3 aromatic carbocycles. The molecule has 0 fully saturated rings. The second kappa shape index (κ2) is 13.0. The van der Waals surface area contributed by atoms with Gasteiger partial charge in [0.15, 0.2) is 0 Å². The third kappa shape index (κ3) is 6.63. The number of hydrogen-bond acceptors (Lipinski definition) is 9. The molecule has 0 saturated carbocycles. The lowest BCUT2D eigenvalue weighted by Gasteiger charge is -2.20. The number of nitrogen functional groups attached to an aromatic ring is 1. The molecule has 10 heteroatoms. The van der Waals surface area contributed by atoms with E-state index in [4.69, 9.17) is 24.7 Å². The molecule has 0 unspecified atom stereocenters. The molecule has 0 aromatic heterocycles. The Morgan fingerprint density at radius 1 is 0.974 bits per heavy atom. The number of carbonyl (C=O) groups excluding carboxylic acids is 2. The molecule has 0 amide bonds. The Balaban J connectivity index is 2.13. The van der Waals surface area contributed by atoms with E-state index in [2.05, 4.69) is 0 Å². The van der Waals surface area contributed by atoms with E-state index in [0.29, 0.717) is 17.7 Å². The summed E-state index contributed by atoms with van der Waals surface area (Å²) in [7, 11) is -1.48. The number of nitrogens with two attached hydrogens (primary N) is 1. The van der Waals surface area contributed by atoms with Gasteiger partial charge in [-0.2, -0.15) is 0 Å². The largest absolute Gasteiger partial charge is 0.497 e. The molecule has 0 aliphatic heterocycles. The van der Waals surface area contributed by atoms with Crippen LogP contribution in [0.5, 0.6) is 11.5 Å². The Labute approximate surface area is 222 Å². The monoisotopic (exact) mass is 541 g/mol. The van der Waals surface area contributed by atoms with Gasteiger partial charge in [-0.1, -0.05) is 30.3 Å². The van der Waals surface area contributed by atoms with Crippen molar-refractivity contribution in [2.24, 2.45) is 0 Å². The SMILES string of the molecule is CCOC(=O)CCCOc1c(N)c(S(=O)(=O)c2ccc(OC)cc2)cc(C(=O)OC)c1Cc1ccccc1. The van der Waals surface area contributed by atoms with Gasteiger partial charge in [0.2, 0.25) is 9.84 Å². The van der Waals surface area contributed by atoms with Gasteiger partial charge < -0.3 is 24.7 Å². The van der Waals surface area contributed by atoms with E-state index in [0.717, 1.165) is 5.56 Å². The quantitative estimate of drug-likeness (QED) is 0.203. The minimum absolute atomic E-state index is 0.0121. The van der Waals surface area contributed by atoms with Crippen molar-refractivity contribution in [1.29, 1.82) is 0 Å². The van der Waals surface area contributed by atoms with E-state index in [-0.39, 0.29) is 58.8 Å². The van der Waals surface area contributed by atoms with Gasteiger partial charge >= 0.3 is 11.9 Å². The highest BCUT2D eigenvalue weighted by atomic mass is 32.2. The second-order valence-corrected chi connectivity index (χ2v) is 10.2. The number of benzene rings is 3. The standard InChI is InChI=1S/C28H31NO8S/c1-4-36-25(30)11-8-16-37-27-22(17-19-9-6-5-7-10-19)23(28(31)35-3)18-24(26(27)29)38(32,33)21-14-12-20(34-2)13-15-21/h5-7,9-10,12-15,18H,4,8,11,16-17,29H2,1-3H3. The third-order valence-electron chi connectivity index (χ3n) is 5.75. The van der Waals surface area contributed by atoms with Gasteiger partial charge in [-0.3, -0.25) is 4.79 Å². The number of anilines is 1. The first-order chi connectivity index (χ1) is 18.2. The number of carbonyl (C=O) groups is 2. The van der Waals surface area contributed by atoms with Gasteiger partial charge in [0.05, 0.1) is 48.5 Å². The maximum Gasteiger partial charge on any atom is 0.338 e. The lowest BCUT2D eigenvalue weighted by molar-refractivity contribution is -0.143. The Morgan fingerprint density at radius 2 is 1.66 bits per heavy atom. The molecular formula is C28H31NO8S. The van der Waals surface area contributed by atoms with Gasteiger partial charge in [-0.15, -0.1) is 0 Å². The number of rotatable bonds is 12. The average molecular weight is 542 g/mol. The minimum Gasteiger partial charge on any atom is -0.497 e. The summed E-state index contributed by atoms with van der Waals surface area (Å²) in [5.41, 5.74) is 7.54. The number of hydrogen-bond donors (Lipinski definition) is 1. The molecule has 0 aliphatic carbocycles. The zero-order valence-electron chi connectivity index (χ0n) is 21.6. The number of methoxy groups -OCH3 is 2. The fraction of sp³-hybridized carbons (Fsp3) is 0.286. The van der Waals surface area contributed by atoms with E-state index in [1.165, 1.54) is 44.6 Å². The predicted molar refractivity (Wildman–Crippen MR) is 141 cm³/mol. The molecule has 0 heterocycles. The van der Waals surface area contributed by atoms with Crippen LogP contribution in [0, 0.1) is 0 Å². The molecule has 0 spiro atoms. The van der Waals surface area contributed by atoms with Crippen LogP contribution >= 0.6 is 0 Å². The van der Waals surface area contributed by atoms with E-state index >= 15 is 0 Å². The molecule has 0 bridgehead atoms. The summed E-state index contributed by atoms with van der Waals surface area (Å²) >= 11 is 0. The Morgan fingerprint density at radius 3 is 2.26 bits per heavy atom. The van der Waals surface area contributed by atoms with Gasteiger partial charge in [-0.05, 0) is 49.2 Å². The Bertz CT molecular complexity index is 1370. The van der Waals surface area contributed by atoms with Crippen LogP contribution in [0.1, 0.15) is 41.3 Å². The average Bonchev–Trinajstić information content (AvgIpc) is 2.92. The smallest absolute Gasteiger partial charge is 0.338 e. The summed E-state index contributed by atoms with van der Waals surface area (Å²) in [6.45, 7) is 2.02. The fourth-order valence-electron chi connectivity index (χ4n) is 3.85. The highest BCUT2D eigenvalue weighted by Gasteiger charge is 2.29. The summed E-state index contributed by atoms with van der Waals surface area (Å²) in [4.78, 5) is 24.3.